The molecular weight excluding hydrogens is 905 g/mol. The zero-order valence-electron chi connectivity index (χ0n) is 38.0. The molecule has 1 saturated heterocycles. The third kappa shape index (κ3) is 9.87. The lowest BCUT2D eigenvalue weighted by Gasteiger charge is -2.35. The average molecular weight is 963 g/mol. The lowest BCUT2D eigenvalue weighted by Crippen LogP contribution is -2.59. The number of aromatic nitrogens is 2. The third-order valence-corrected chi connectivity index (χ3v) is 16.5. The third-order valence-electron chi connectivity index (χ3n) is 12.8. The number of nitrogens with one attached hydrogen (secondary N) is 4. The van der Waals surface area contributed by atoms with E-state index in [0.29, 0.717) is 46.6 Å². The van der Waals surface area contributed by atoms with E-state index in [1.165, 1.54) is 31.9 Å². The summed E-state index contributed by atoms with van der Waals surface area (Å²) in [6, 6.07) is 5.46. The molecular formula is C46H58N8O9S3. The summed E-state index contributed by atoms with van der Waals surface area (Å²) in [7, 11) is -2.18. The number of carboxylic acids is 1. The number of carbonyl (C=O) groups excluding carboxylic acids is 3. The van der Waals surface area contributed by atoms with Crippen LogP contribution in [0.5, 0.6) is 11.5 Å². The van der Waals surface area contributed by atoms with Crippen LogP contribution >= 0.6 is 22.7 Å². The van der Waals surface area contributed by atoms with Gasteiger partial charge in [0.1, 0.15) is 40.9 Å². The average Bonchev–Trinajstić information content (AvgIpc) is 3.73. The van der Waals surface area contributed by atoms with Crippen molar-refractivity contribution in [3.8, 4) is 22.9 Å². The van der Waals surface area contributed by atoms with Crippen molar-refractivity contribution in [2.24, 2.45) is 11.3 Å². The summed E-state index contributed by atoms with van der Waals surface area (Å²) in [4.78, 5) is 68.4. The molecule has 2 fully saturated rings. The molecule has 1 aromatic carbocycles. The molecule has 0 radical (unpaired) electrons. The van der Waals surface area contributed by atoms with E-state index in [1.807, 2.05) is 58.2 Å². The highest BCUT2D eigenvalue weighted by Gasteiger charge is 2.61. The number of anilines is 1. The minimum absolute atomic E-state index is 0.0170. The van der Waals surface area contributed by atoms with E-state index in [4.69, 9.17) is 19.4 Å². The minimum atomic E-state index is -3.74. The fourth-order valence-corrected chi connectivity index (χ4v) is 12.7. The van der Waals surface area contributed by atoms with Crippen molar-refractivity contribution >= 4 is 72.5 Å². The monoisotopic (exact) mass is 962 g/mol. The van der Waals surface area contributed by atoms with Gasteiger partial charge < -0.3 is 40.7 Å². The molecule has 4 aromatic rings. The van der Waals surface area contributed by atoms with Crippen LogP contribution in [-0.4, -0.2) is 113 Å². The number of fused-ring (bicyclic) bond motifs is 4. The largest absolute Gasteiger partial charge is 0.497 e. The predicted molar refractivity (Wildman–Crippen MR) is 252 cm³/mol. The van der Waals surface area contributed by atoms with Crippen molar-refractivity contribution in [1.29, 1.82) is 0 Å². The number of thiophene rings is 1. The first-order valence-corrected chi connectivity index (χ1v) is 25.6. The molecule has 3 aromatic heterocycles. The number of hydrogen-bond acceptors (Lipinski definition) is 13. The van der Waals surface area contributed by atoms with Crippen molar-refractivity contribution in [3.05, 3.63) is 58.1 Å². The Morgan fingerprint density at radius 3 is 2.61 bits per heavy atom. The molecule has 20 heteroatoms. The lowest BCUT2D eigenvalue weighted by molar-refractivity contribution is -0.145. The van der Waals surface area contributed by atoms with E-state index in [1.54, 1.807) is 36.8 Å². The lowest BCUT2D eigenvalue weighted by atomic mass is 9.86. The number of sulfonamides is 1. The summed E-state index contributed by atoms with van der Waals surface area (Å²) in [5, 5.41) is 27.5. The van der Waals surface area contributed by atoms with E-state index in [2.05, 4.69) is 21.3 Å². The normalized spacial score (nSPS) is 25.4. The van der Waals surface area contributed by atoms with Gasteiger partial charge in [0.15, 0.2) is 5.13 Å². The second-order valence-electron chi connectivity index (χ2n) is 18.9. The molecule has 6 heterocycles. The first-order chi connectivity index (χ1) is 31.4. The highest BCUT2D eigenvalue weighted by Crippen LogP contribution is 2.46. The number of methoxy groups -OCH3 is 1. The van der Waals surface area contributed by atoms with E-state index < -0.39 is 74.9 Å². The van der Waals surface area contributed by atoms with Gasteiger partial charge in [0, 0.05) is 65.3 Å². The smallest absolute Gasteiger partial charge is 0.330 e. The molecule has 6 atom stereocenters. The van der Waals surface area contributed by atoms with Crippen molar-refractivity contribution in [3.63, 3.8) is 0 Å². The van der Waals surface area contributed by atoms with Crippen molar-refractivity contribution in [1.82, 2.24) is 35.1 Å². The van der Waals surface area contributed by atoms with Crippen LogP contribution in [0.2, 0.25) is 0 Å². The Bertz CT molecular complexity index is 2640. The first kappa shape index (κ1) is 47.2. The molecule has 5 N–H and O–H groups in total. The summed E-state index contributed by atoms with van der Waals surface area (Å²) in [5.41, 5.74) is -0.355. The molecule has 1 saturated carbocycles. The van der Waals surface area contributed by atoms with Crippen LogP contribution in [0, 0.1) is 11.3 Å². The van der Waals surface area contributed by atoms with Crippen molar-refractivity contribution in [2.45, 2.75) is 127 Å². The zero-order chi connectivity index (χ0) is 47.1. The van der Waals surface area contributed by atoms with E-state index >= 15 is 0 Å². The van der Waals surface area contributed by atoms with E-state index in [9.17, 15) is 32.7 Å². The molecule has 354 valence electrons. The van der Waals surface area contributed by atoms with Crippen LogP contribution in [0.25, 0.3) is 22.3 Å². The topological polar surface area (TPSA) is 221 Å². The maximum Gasteiger partial charge on any atom is 0.330 e. The van der Waals surface area contributed by atoms with Crippen LogP contribution in [0.1, 0.15) is 84.4 Å². The SMILES string of the molecule is COc1ccc2c(O[C@@H]3C[C@H]4C(=O)N[C@]5(C(=O)O)CC5/C=C\CCCCC[C@@H](NC(=O)N[C@H](CN5Cc6sccc6S5(=O)=O)C(C)(C)C)C(=O)N4C3)cc(-c3csc(NC(C)C)n3)nc2c1. The molecule has 1 aliphatic carbocycles. The number of allylic oxidation sites excluding steroid dienone is 1. The van der Waals surface area contributed by atoms with Crippen molar-refractivity contribution < 1.29 is 42.2 Å². The number of pyridine rings is 1. The standard InChI is InChI=1S/C46H58N8O9S3/c1-26(2)47-44-50-34(25-65-44)33-20-36(30-15-14-28(62-6)18-32(30)48-33)63-29-19-35-40(55)52-46(42(57)58)21-27(46)12-10-8-7-9-11-13-31(41(56)54(35)22-29)49-43(59)51-39(45(3,4)5)24-53-23-37-38(16-17-64-37)66(53,60)61/h10,12,14-18,20,25-27,29,31,35,39H,7-9,11,13,19,21-24H2,1-6H3,(H,47,50)(H,52,55)(H,57,58)(H2,49,51,59)/b12-10-/t27?,29-,31-,35+,39-,46-/m1/s1. The molecule has 4 aliphatic rings. The maximum atomic E-state index is 15.0. The van der Waals surface area contributed by atoms with Gasteiger partial charge in [-0.2, -0.15) is 4.31 Å². The summed E-state index contributed by atoms with van der Waals surface area (Å²) in [6.07, 6.45) is 6.36. The first-order valence-electron chi connectivity index (χ1n) is 22.4. The summed E-state index contributed by atoms with van der Waals surface area (Å²) in [6.45, 7) is 9.96. The highest BCUT2D eigenvalue weighted by atomic mass is 32.2. The minimum Gasteiger partial charge on any atom is -0.497 e. The van der Waals surface area contributed by atoms with Gasteiger partial charge in [0.2, 0.25) is 21.8 Å². The Balaban J connectivity index is 1.08. The van der Waals surface area contributed by atoms with Crippen LogP contribution in [-0.2, 0) is 31.0 Å². The Hall–Kier alpha value is -5.31. The number of urea groups is 1. The number of thiazole rings is 1. The van der Waals surface area contributed by atoms with Gasteiger partial charge in [0.25, 0.3) is 0 Å². The van der Waals surface area contributed by atoms with Crippen LogP contribution in [0.4, 0.5) is 9.93 Å². The summed E-state index contributed by atoms with van der Waals surface area (Å²) < 4.78 is 40.5. The Labute approximate surface area is 392 Å². The Kier molecular flexibility index (Phi) is 13.4. The molecule has 66 heavy (non-hydrogen) atoms. The number of carbonyl (C=O) groups is 4. The van der Waals surface area contributed by atoms with Crippen LogP contribution in [0.15, 0.2) is 58.1 Å². The van der Waals surface area contributed by atoms with E-state index in [-0.39, 0.29) is 49.8 Å². The Morgan fingerprint density at radius 1 is 1.08 bits per heavy atom. The fraction of sp³-hybridized carbons (Fsp3) is 0.522. The zero-order valence-corrected chi connectivity index (χ0v) is 40.4. The Morgan fingerprint density at radius 2 is 1.88 bits per heavy atom. The predicted octanol–water partition coefficient (Wildman–Crippen LogP) is 6.36. The van der Waals surface area contributed by atoms with Gasteiger partial charge in [-0.25, -0.2) is 28.0 Å². The van der Waals surface area contributed by atoms with Gasteiger partial charge in [-0.05, 0) is 68.5 Å². The van der Waals surface area contributed by atoms with Crippen molar-refractivity contribution in [2.75, 3.05) is 25.5 Å². The molecule has 3 aliphatic heterocycles. The number of carboxylic acid groups (broad SMARTS) is 1. The molecule has 4 amide bonds. The quantitative estimate of drug-likeness (QED) is 0.104. The van der Waals surface area contributed by atoms with E-state index in [0.717, 1.165) is 22.9 Å². The number of benzene rings is 1. The second-order valence-corrected chi connectivity index (χ2v) is 22.7. The number of ether oxygens (including phenoxy) is 2. The molecule has 8 rings (SSSR count). The summed E-state index contributed by atoms with van der Waals surface area (Å²) in [5.74, 6) is -1.67. The second kappa shape index (κ2) is 18.8. The number of hydrogen-bond donors (Lipinski definition) is 5. The van der Waals surface area contributed by atoms with Gasteiger partial charge in [-0.1, -0.05) is 45.8 Å². The number of amides is 4. The van der Waals surface area contributed by atoms with Gasteiger partial charge >= 0.3 is 12.0 Å². The maximum absolute atomic E-state index is 15.0. The number of nitrogens with zero attached hydrogens (tertiary/aromatic N) is 4. The van der Waals surface area contributed by atoms with Gasteiger partial charge in [-0.15, -0.1) is 22.7 Å². The van der Waals surface area contributed by atoms with Gasteiger partial charge in [-0.3, -0.25) is 9.59 Å². The summed E-state index contributed by atoms with van der Waals surface area (Å²) >= 11 is 2.82. The molecule has 0 spiro atoms. The highest BCUT2D eigenvalue weighted by molar-refractivity contribution is 7.89. The van der Waals surface area contributed by atoms with Gasteiger partial charge in [0.05, 0.1) is 29.8 Å². The number of aliphatic carboxylic acids is 1. The van der Waals surface area contributed by atoms with Crippen LogP contribution in [0.3, 0.4) is 0 Å². The molecule has 1 unspecified atom stereocenters. The fourth-order valence-electron chi connectivity index (χ4n) is 8.88. The molecule has 0 bridgehead atoms. The molecule has 17 nitrogen and oxygen atoms in total. The number of rotatable bonds is 11. The van der Waals surface area contributed by atoms with Crippen LogP contribution < -0.4 is 30.7 Å².